The van der Waals surface area contributed by atoms with Crippen molar-refractivity contribution < 1.29 is 4.39 Å². The standard InChI is InChI=1S/C16H12FN3OS/c17-12-5-3-11(4-6-12)13-9-22-15-14(13)16(21)20(10-19-15)8-2-1-7-18/h3-6,9-10H,1-2,8H2. The van der Waals surface area contributed by atoms with Crippen LogP contribution < -0.4 is 5.56 Å². The van der Waals surface area contributed by atoms with Crippen molar-refractivity contribution in [3.05, 3.63) is 52.1 Å². The minimum atomic E-state index is -0.310. The van der Waals surface area contributed by atoms with E-state index in [4.69, 9.17) is 5.26 Å². The molecule has 0 aliphatic rings. The molecule has 3 rings (SSSR count). The monoisotopic (exact) mass is 313 g/mol. The molecule has 0 atom stereocenters. The first kappa shape index (κ1) is 14.4. The number of halogens is 1. The largest absolute Gasteiger partial charge is 0.299 e. The maximum atomic E-state index is 13.1. The van der Waals surface area contributed by atoms with Gasteiger partial charge in [-0.15, -0.1) is 11.3 Å². The summed E-state index contributed by atoms with van der Waals surface area (Å²) in [5, 5.41) is 11.0. The quantitative estimate of drug-likeness (QED) is 0.692. The lowest BCUT2D eigenvalue weighted by molar-refractivity contribution is 0.627. The lowest BCUT2D eigenvalue weighted by Crippen LogP contribution is -2.20. The number of aryl methyl sites for hydroxylation is 1. The molecule has 2 heterocycles. The number of nitrogens with zero attached hydrogens (tertiary/aromatic N) is 3. The topological polar surface area (TPSA) is 58.7 Å². The van der Waals surface area contributed by atoms with Gasteiger partial charge in [-0.3, -0.25) is 9.36 Å². The van der Waals surface area contributed by atoms with Crippen LogP contribution in [-0.4, -0.2) is 9.55 Å². The lowest BCUT2D eigenvalue weighted by Gasteiger charge is -2.04. The summed E-state index contributed by atoms with van der Waals surface area (Å²) in [5.74, 6) is -0.310. The zero-order valence-electron chi connectivity index (χ0n) is 11.6. The predicted molar refractivity (Wildman–Crippen MR) is 84.1 cm³/mol. The van der Waals surface area contributed by atoms with Gasteiger partial charge >= 0.3 is 0 Å². The van der Waals surface area contributed by atoms with E-state index in [1.54, 1.807) is 12.1 Å². The molecule has 6 heteroatoms. The first-order chi connectivity index (χ1) is 10.7. The van der Waals surface area contributed by atoms with Crippen molar-refractivity contribution in [3.8, 4) is 17.2 Å². The van der Waals surface area contributed by atoms with Crippen LogP contribution in [0.25, 0.3) is 21.3 Å². The Hall–Kier alpha value is -2.52. The highest BCUT2D eigenvalue weighted by molar-refractivity contribution is 7.17. The Kier molecular flexibility index (Phi) is 3.98. The van der Waals surface area contributed by atoms with Gasteiger partial charge in [-0.1, -0.05) is 12.1 Å². The van der Waals surface area contributed by atoms with Gasteiger partial charge in [0.25, 0.3) is 5.56 Å². The Bertz CT molecular complexity index is 906. The van der Waals surface area contributed by atoms with Gasteiger partial charge in [0.1, 0.15) is 10.6 Å². The number of hydrogen-bond donors (Lipinski definition) is 0. The molecule has 22 heavy (non-hydrogen) atoms. The maximum absolute atomic E-state index is 13.1. The highest BCUT2D eigenvalue weighted by atomic mass is 32.1. The van der Waals surface area contributed by atoms with Crippen LogP contribution in [0.5, 0.6) is 0 Å². The third kappa shape index (κ3) is 2.63. The molecule has 0 fully saturated rings. The van der Waals surface area contributed by atoms with Gasteiger partial charge < -0.3 is 0 Å². The van der Waals surface area contributed by atoms with E-state index in [1.807, 2.05) is 5.38 Å². The SMILES string of the molecule is N#CCCCn1cnc2scc(-c3ccc(F)cc3)c2c1=O. The number of unbranched alkanes of at least 4 members (excludes halogenated alkanes) is 1. The van der Waals surface area contributed by atoms with Gasteiger partial charge in [-0.2, -0.15) is 5.26 Å². The average Bonchev–Trinajstić information content (AvgIpc) is 2.95. The Balaban J connectivity index is 2.09. The highest BCUT2D eigenvalue weighted by Gasteiger charge is 2.13. The van der Waals surface area contributed by atoms with Crippen LogP contribution in [0, 0.1) is 17.1 Å². The molecule has 0 amide bonds. The fourth-order valence-electron chi connectivity index (χ4n) is 2.30. The van der Waals surface area contributed by atoms with E-state index in [0.29, 0.717) is 29.6 Å². The Morgan fingerprint density at radius 1 is 1.32 bits per heavy atom. The Morgan fingerprint density at radius 2 is 2.09 bits per heavy atom. The van der Waals surface area contributed by atoms with Gasteiger partial charge in [0, 0.05) is 23.9 Å². The fourth-order valence-corrected chi connectivity index (χ4v) is 3.20. The molecule has 0 bridgehead atoms. The molecule has 0 N–H and O–H groups in total. The van der Waals surface area contributed by atoms with Gasteiger partial charge in [0.2, 0.25) is 0 Å². The summed E-state index contributed by atoms with van der Waals surface area (Å²) in [4.78, 5) is 17.6. The molecule has 0 spiro atoms. The van der Waals surface area contributed by atoms with E-state index >= 15 is 0 Å². The summed E-state index contributed by atoms with van der Waals surface area (Å²) in [7, 11) is 0. The molecule has 0 saturated heterocycles. The molecule has 0 radical (unpaired) electrons. The van der Waals surface area contributed by atoms with Crippen LogP contribution >= 0.6 is 11.3 Å². The van der Waals surface area contributed by atoms with Crippen molar-refractivity contribution >= 4 is 21.6 Å². The third-order valence-electron chi connectivity index (χ3n) is 3.40. The van der Waals surface area contributed by atoms with Crippen LogP contribution in [0.3, 0.4) is 0 Å². The summed E-state index contributed by atoms with van der Waals surface area (Å²) in [6, 6.07) is 8.13. The summed E-state index contributed by atoms with van der Waals surface area (Å²) in [6.07, 6.45) is 2.53. The molecule has 0 aliphatic carbocycles. The summed E-state index contributed by atoms with van der Waals surface area (Å²) >= 11 is 1.39. The molecule has 0 saturated carbocycles. The van der Waals surface area contributed by atoms with Crippen molar-refractivity contribution in [3.63, 3.8) is 0 Å². The second-order valence-corrected chi connectivity index (χ2v) is 5.70. The van der Waals surface area contributed by atoms with Gasteiger partial charge in [0.15, 0.2) is 0 Å². The van der Waals surface area contributed by atoms with Crippen LogP contribution in [0.1, 0.15) is 12.8 Å². The van der Waals surface area contributed by atoms with Crippen molar-refractivity contribution in [2.45, 2.75) is 19.4 Å². The van der Waals surface area contributed by atoms with Crippen molar-refractivity contribution in [1.82, 2.24) is 9.55 Å². The molecule has 110 valence electrons. The van der Waals surface area contributed by atoms with Crippen molar-refractivity contribution in [2.24, 2.45) is 0 Å². The number of nitriles is 1. The summed E-state index contributed by atoms with van der Waals surface area (Å²) in [5.41, 5.74) is 1.44. The van der Waals surface area contributed by atoms with E-state index in [0.717, 1.165) is 11.1 Å². The van der Waals surface area contributed by atoms with Gasteiger partial charge in [-0.05, 0) is 24.1 Å². The summed E-state index contributed by atoms with van der Waals surface area (Å²) in [6.45, 7) is 0.466. The second kappa shape index (κ2) is 6.08. The zero-order chi connectivity index (χ0) is 15.5. The molecular formula is C16H12FN3OS. The first-order valence-corrected chi connectivity index (χ1v) is 7.68. The van der Waals surface area contributed by atoms with Crippen molar-refractivity contribution in [1.29, 1.82) is 5.26 Å². The number of rotatable bonds is 4. The molecule has 4 nitrogen and oxygen atoms in total. The normalized spacial score (nSPS) is 10.7. The van der Waals surface area contributed by atoms with E-state index < -0.39 is 0 Å². The van der Waals surface area contributed by atoms with E-state index in [1.165, 1.54) is 34.4 Å². The minimum Gasteiger partial charge on any atom is -0.299 e. The molecule has 0 unspecified atom stereocenters. The first-order valence-electron chi connectivity index (χ1n) is 6.80. The maximum Gasteiger partial charge on any atom is 0.262 e. The minimum absolute atomic E-state index is 0.122. The van der Waals surface area contributed by atoms with Crippen LogP contribution in [0.2, 0.25) is 0 Å². The number of fused-ring (bicyclic) bond motifs is 1. The summed E-state index contributed by atoms with van der Waals surface area (Å²) < 4.78 is 14.6. The average molecular weight is 313 g/mol. The Labute approximate surface area is 130 Å². The molecule has 0 aliphatic heterocycles. The van der Waals surface area contributed by atoms with Crippen LogP contribution in [0.4, 0.5) is 4.39 Å². The van der Waals surface area contributed by atoms with E-state index in [-0.39, 0.29) is 11.4 Å². The Morgan fingerprint density at radius 3 is 2.82 bits per heavy atom. The smallest absolute Gasteiger partial charge is 0.262 e. The molecule has 3 aromatic rings. The van der Waals surface area contributed by atoms with E-state index in [2.05, 4.69) is 11.1 Å². The van der Waals surface area contributed by atoms with Crippen molar-refractivity contribution in [2.75, 3.05) is 0 Å². The van der Waals surface area contributed by atoms with Crippen LogP contribution in [0.15, 0.2) is 40.8 Å². The number of benzene rings is 1. The lowest BCUT2D eigenvalue weighted by atomic mass is 10.1. The molecule has 1 aromatic carbocycles. The van der Waals surface area contributed by atoms with Crippen LogP contribution in [-0.2, 0) is 6.54 Å². The zero-order valence-corrected chi connectivity index (χ0v) is 12.4. The number of hydrogen-bond acceptors (Lipinski definition) is 4. The fraction of sp³-hybridized carbons (Fsp3) is 0.188. The number of aromatic nitrogens is 2. The molecular weight excluding hydrogens is 301 g/mol. The highest BCUT2D eigenvalue weighted by Crippen LogP contribution is 2.30. The third-order valence-corrected chi connectivity index (χ3v) is 4.29. The second-order valence-electron chi connectivity index (χ2n) is 4.84. The molecule has 2 aromatic heterocycles. The van der Waals surface area contributed by atoms with Gasteiger partial charge in [-0.25, -0.2) is 9.37 Å². The van der Waals surface area contributed by atoms with E-state index in [9.17, 15) is 9.18 Å². The predicted octanol–water partition coefficient (Wildman–Crippen LogP) is 3.57. The number of thiophene rings is 1. The van der Waals surface area contributed by atoms with Gasteiger partial charge in [0.05, 0.1) is 17.8 Å².